The minimum atomic E-state index is -0.489. The zero-order valence-electron chi connectivity index (χ0n) is 9.88. The number of nitrogens with two attached hydrogens (primary N) is 1. The van der Waals surface area contributed by atoms with E-state index in [1.165, 1.54) is 13.2 Å². The maximum atomic E-state index is 11.6. The predicted molar refractivity (Wildman–Crippen MR) is 65.2 cm³/mol. The molecular weight excluding hydrogens is 234 g/mol. The molecule has 0 radical (unpaired) electrons. The van der Waals surface area contributed by atoms with Crippen LogP contribution in [-0.4, -0.2) is 13.1 Å². The molecule has 18 heavy (non-hydrogen) atoms. The van der Waals surface area contributed by atoms with Gasteiger partial charge in [-0.3, -0.25) is 0 Å². The van der Waals surface area contributed by atoms with Crippen LogP contribution in [0.5, 0.6) is 5.75 Å². The fourth-order valence-electron chi connectivity index (χ4n) is 1.49. The van der Waals surface area contributed by atoms with E-state index >= 15 is 0 Å². The standard InChI is InChI=1S/C13H13NO4/c1-16-13(15)11-7-9(14)4-5-12(11)18-8-10-3-2-6-17-10/h2-7H,8,14H2,1H3. The second-order valence-electron chi connectivity index (χ2n) is 3.62. The van der Waals surface area contributed by atoms with Gasteiger partial charge in [0.1, 0.15) is 23.7 Å². The molecule has 0 amide bonds. The van der Waals surface area contributed by atoms with Gasteiger partial charge in [-0.25, -0.2) is 4.79 Å². The topological polar surface area (TPSA) is 74.7 Å². The maximum absolute atomic E-state index is 11.6. The molecular formula is C13H13NO4. The van der Waals surface area contributed by atoms with Crippen molar-refractivity contribution in [2.45, 2.75) is 6.61 Å². The lowest BCUT2D eigenvalue weighted by Crippen LogP contribution is -2.06. The third-order valence-corrected chi connectivity index (χ3v) is 2.36. The number of carbonyl (C=O) groups is 1. The summed E-state index contributed by atoms with van der Waals surface area (Å²) in [5.74, 6) is 0.590. The van der Waals surface area contributed by atoms with Crippen LogP contribution < -0.4 is 10.5 Å². The summed E-state index contributed by atoms with van der Waals surface area (Å²) in [6.45, 7) is 0.237. The fourth-order valence-corrected chi connectivity index (χ4v) is 1.49. The van der Waals surface area contributed by atoms with Crippen molar-refractivity contribution >= 4 is 11.7 Å². The zero-order valence-corrected chi connectivity index (χ0v) is 9.88. The highest BCUT2D eigenvalue weighted by Crippen LogP contribution is 2.23. The molecule has 5 nitrogen and oxygen atoms in total. The second kappa shape index (κ2) is 5.27. The average molecular weight is 247 g/mol. The molecule has 2 aromatic rings. The average Bonchev–Trinajstić information content (AvgIpc) is 2.89. The third-order valence-electron chi connectivity index (χ3n) is 2.36. The summed E-state index contributed by atoms with van der Waals surface area (Å²) in [5.41, 5.74) is 6.40. The Balaban J connectivity index is 2.18. The number of nitrogen functional groups attached to an aromatic ring is 1. The van der Waals surface area contributed by atoms with Crippen LogP contribution >= 0.6 is 0 Å². The van der Waals surface area contributed by atoms with Gasteiger partial charge in [-0.05, 0) is 30.3 Å². The first-order chi connectivity index (χ1) is 8.70. The van der Waals surface area contributed by atoms with Gasteiger partial charge in [0.15, 0.2) is 0 Å². The van der Waals surface area contributed by atoms with Crippen LogP contribution in [0.4, 0.5) is 5.69 Å². The summed E-state index contributed by atoms with van der Waals surface area (Å²) in [4.78, 5) is 11.6. The van der Waals surface area contributed by atoms with Gasteiger partial charge in [0.2, 0.25) is 0 Å². The lowest BCUT2D eigenvalue weighted by Gasteiger charge is -2.09. The van der Waals surface area contributed by atoms with Crippen LogP contribution in [0.3, 0.4) is 0 Å². The van der Waals surface area contributed by atoms with Crippen LogP contribution in [0.25, 0.3) is 0 Å². The van der Waals surface area contributed by atoms with Crippen LogP contribution in [0.15, 0.2) is 41.0 Å². The highest BCUT2D eigenvalue weighted by molar-refractivity contribution is 5.93. The normalized spacial score (nSPS) is 10.1. The van der Waals surface area contributed by atoms with Crippen molar-refractivity contribution in [1.82, 2.24) is 0 Å². The molecule has 0 spiro atoms. The molecule has 2 rings (SSSR count). The molecule has 94 valence electrons. The van der Waals surface area contributed by atoms with Crippen molar-refractivity contribution in [3.05, 3.63) is 47.9 Å². The van der Waals surface area contributed by atoms with E-state index in [4.69, 9.17) is 14.9 Å². The molecule has 0 bridgehead atoms. The first-order valence-electron chi connectivity index (χ1n) is 5.33. The van der Waals surface area contributed by atoms with Crippen molar-refractivity contribution in [2.24, 2.45) is 0 Å². The number of anilines is 1. The van der Waals surface area contributed by atoms with Gasteiger partial charge in [-0.1, -0.05) is 0 Å². The molecule has 0 aliphatic rings. The Morgan fingerprint density at radius 2 is 2.22 bits per heavy atom. The number of rotatable bonds is 4. The Kier molecular flexibility index (Phi) is 3.52. The highest BCUT2D eigenvalue weighted by atomic mass is 16.5. The quantitative estimate of drug-likeness (QED) is 0.662. The van der Waals surface area contributed by atoms with Gasteiger partial charge >= 0.3 is 5.97 Å². The van der Waals surface area contributed by atoms with E-state index in [1.54, 1.807) is 30.5 Å². The molecule has 5 heteroatoms. The fraction of sp³-hybridized carbons (Fsp3) is 0.154. The second-order valence-corrected chi connectivity index (χ2v) is 3.62. The summed E-state index contributed by atoms with van der Waals surface area (Å²) in [6.07, 6.45) is 1.56. The van der Waals surface area contributed by atoms with Crippen LogP contribution in [0.1, 0.15) is 16.1 Å². The number of carbonyl (C=O) groups excluding carboxylic acids is 1. The van der Waals surface area contributed by atoms with Crippen molar-refractivity contribution in [2.75, 3.05) is 12.8 Å². The minimum absolute atomic E-state index is 0.237. The molecule has 0 aliphatic heterocycles. The molecule has 0 aliphatic carbocycles. The van der Waals surface area contributed by atoms with Crippen molar-refractivity contribution in [3.63, 3.8) is 0 Å². The van der Waals surface area contributed by atoms with Crippen molar-refractivity contribution < 1.29 is 18.7 Å². The SMILES string of the molecule is COC(=O)c1cc(N)ccc1OCc1ccco1. The summed E-state index contributed by atoms with van der Waals surface area (Å²) in [6, 6.07) is 8.36. The zero-order chi connectivity index (χ0) is 13.0. The van der Waals surface area contributed by atoms with Gasteiger partial charge in [0, 0.05) is 5.69 Å². The molecule has 0 saturated carbocycles. The Morgan fingerprint density at radius 1 is 1.39 bits per heavy atom. The van der Waals surface area contributed by atoms with E-state index in [0.717, 1.165) is 0 Å². The summed E-state index contributed by atoms with van der Waals surface area (Å²) in [5, 5.41) is 0. The van der Waals surface area contributed by atoms with Gasteiger partial charge in [0.25, 0.3) is 0 Å². The van der Waals surface area contributed by atoms with E-state index < -0.39 is 5.97 Å². The van der Waals surface area contributed by atoms with Gasteiger partial charge in [-0.15, -0.1) is 0 Å². The first-order valence-corrected chi connectivity index (χ1v) is 5.33. The van der Waals surface area contributed by atoms with Gasteiger partial charge < -0.3 is 19.6 Å². The van der Waals surface area contributed by atoms with Gasteiger partial charge in [0.05, 0.1) is 13.4 Å². The summed E-state index contributed by atoms with van der Waals surface area (Å²) >= 11 is 0. The van der Waals surface area contributed by atoms with Crippen molar-refractivity contribution in [3.8, 4) is 5.75 Å². The van der Waals surface area contributed by atoms with E-state index in [9.17, 15) is 4.79 Å². The molecule has 0 saturated heterocycles. The summed E-state index contributed by atoms with van der Waals surface area (Å²) in [7, 11) is 1.31. The maximum Gasteiger partial charge on any atom is 0.341 e. The Bertz CT molecular complexity index is 534. The number of esters is 1. The Morgan fingerprint density at radius 3 is 2.89 bits per heavy atom. The minimum Gasteiger partial charge on any atom is -0.485 e. The van der Waals surface area contributed by atoms with Gasteiger partial charge in [-0.2, -0.15) is 0 Å². The van der Waals surface area contributed by atoms with Crippen molar-refractivity contribution in [1.29, 1.82) is 0 Å². The molecule has 2 N–H and O–H groups in total. The summed E-state index contributed by atoms with van der Waals surface area (Å²) < 4.78 is 15.3. The van der Waals surface area contributed by atoms with E-state index in [0.29, 0.717) is 22.8 Å². The Labute approximate surface area is 104 Å². The predicted octanol–water partition coefficient (Wildman–Crippen LogP) is 2.23. The molecule has 0 unspecified atom stereocenters. The van der Waals surface area contributed by atoms with Crippen LogP contribution in [0.2, 0.25) is 0 Å². The third kappa shape index (κ3) is 2.63. The largest absolute Gasteiger partial charge is 0.485 e. The lowest BCUT2D eigenvalue weighted by atomic mass is 10.2. The lowest BCUT2D eigenvalue weighted by molar-refractivity contribution is 0.0595. The molecule has 1 aromatic heterocycles. The van der Waals surface area contributed by atoms with E-state index in [-0.39, 0.29) is 6.61 Å². The van der Waals surface area contributed by atoms with Crippen LogP contribution in [-0.2, 0) is 11.3 Å². The number of hydrogen-bond acceptors (Lipinski definition) is 5. The van der Waals surface area contributed by atoms with E-state index in [1.807, 2.05) is 0 Å². The number of benzene rings is 1. The molecule has 0 fully saturated rings. The van der Waals surface area contributed by atoms with E-state index in [2.05, 4.69) is 4.74 Å². The molecule has 1 heterocycles. The number of furan rings is 1. The highest BCUT2D eigenvalue weighted by Gasteiger charge is 2.13. The number of hydrogen-bond donors (Lipinski definition) is 1. The number of methoxy groups -OCH3 is 1. The Hall–Kier alpha value is -2.43. The first kappa shape index (κ1) is 12.0. The monoisotopic (exact) mass is 247 g/mol. The molecule has 0 atom stereocenters. The van der Waals surface area contributed by atoms with Crippen LogP contribution in [0, 0.1) is 0 Å². The number of ether oxygens (including phenoxy) is 2. The molecule has 1 aromatic carbocycles. The smallest absolute Gasteiger partial charge is 0.341 e.